The second-order valence-corrected chi connectivity index (χ2v) is 4.70. The summed E-state index contributed by atoms with van der Waals surface area (Å²) in [7, 11) is 0. The summed E-state index contributed by atoms with van der Waals surface area (Å²) in [5.74, 6) is -1.91. The summed E-state index contributed by atoms with van der Waals surface area (Å²) in [4.78, 5) is 22.8. The lowest BCUT2D eigenvalue weighted by molar-refractivity contribution is -0.140. The van der Waals surface area contributed by atoms with Gasteiger partial charge in [-0.3, -0.25) is 4.79 Å². The Labute approximate surface area is 112 Å². The molecule has 0 saturated heterocycles. The number of rotatable bonds is 4. The van der Waals surface area contributed by atoms with Crippen molar-refractivity contribution >= 4 is 11.9 Å². The summed E-state index contributed by atoms with van der Waals surface area (Å²) in [6.07, 6.45) is -3.01. The zero-order valence-corrected chi connectivity index (χ0v) is 10.3. The maximum atomic E-state index is 12.4. The van der Waals surface area contributed by atoms with Crippen molar-refractivity contribution in [2.45, 2.75) is 25.1 Å². The average Bonchev–Trinajstić information content (AvgIpc) is 3.18. The van der Waals surface area contributed by atoms with E-state index in [0.29, 0.717) is 0 Å². The monoisotopic (exact) mass is 287 g/mol. The predicted molar refractivity (Wildman–Crippen MR) is 63.1 cm³/mol. The number of carboxylic acids is 1. The van der Waals surface area contributed by atoms with Crippen LogP contribution in [-0.4, -0.2) is 23.0 Å². The summed E-state index contributed by atoms with van der Waals surface area (Å²) in [6, 6.07) is 2.67. The van der Waals surface area contributed by atoms with Gasteiger partial charge in [-0.15, -0.1) is 0 Å². The Morgan fingerprint density at radius 3 is 2.15 bits per heavy atom. The minimum Gasteiger partial charge on any atom is -0.480 e. The minimum atomic E-state index is -4.47. The van der Waals surface area contributed by atoms with Gasteiger partial charge >= 0.3 is 12.1 Å². The number of hydrogen-bond acceptors (Lipinski definition) is 2. The normalized spacial score (nSPS) is 16.6. The van der Waals surface area contributed by atoms with Crippen LogP contribution in [0.2, 0.25) is 0 Å². The van der Waals surface area contributed by atoms with Gasteiger partial charge in [0.25, 0.3) is 5.91 Å². The summed E-state index contributed by atoms with van der Waals surface area (Å²) in [6.45, 7) is 0. The molecule has 0 radical (unpaired) electrons. The van der Waals surface area contributed by atoms with Crippen molar-refractivity contribution in [3.8, 4) is 0 Å². The maximum absolute atomic E-state index is 12.4. The third kappa shape index (κ3) is 3.28. The van der Waals surface area contributed by atoms with E-state index in [2.05, 4.69) is 5.32 Å². The molecule has 0 bridgehead atoms. The van der Waals surface area contributed by atoms with Gasteiger partial charge in [-0.05, 0) is 43.0 Å². The van der Waals surface area contributed by atoms with Gasteiger partial charge in [0.15, 0.2) is 0 Å². The molecule has 1 atom stereocenters. The summed E-state index contributed by atoms with van der Waals surface area (Å²) in [5.41, 5.74) is -0.851. The molecule has 1 aliphatic rings. The molecule has 0 spiro atoms. The maximum Gasteiger partial charge on any atom is 0.416 e. The van der Waals surface area contributed by atoms with Crippen LogP contribution in [0.3, 0.4) is 0 Å². The minimum absolute atomic E-state index is 0.00454. The van der Waals surface area contributed by atoms with Crippen molar-refractivity contribution in [1.82, 2.24) is 5.32 Å². The van der Waals surface area contributed by atoms with Crippen LogP contribution in [0.4, 0.5) is 13.2 Å². The Bertz CT molecular complexity index is 521. The molecular weight excluding hydrogens is 275 g/mol. The third-order valence-corrected chi connectivity index (χ3v) is 3.12. The van der Waals surface area contributed by atoms with Crippen LogP contribution in [0.1, 0.15) is 28.8 Å². The number of halogens is 3. The molecule has 1 unspecified atom stereocenters. The number of amides is 1. The van der Waals surface area contributed by atoms with Gasteiger partial charge in [0.2, 0.25) is 0 Å². The second kappa shape index (κ2) is 5.15. The Hall–Kier alpha value is -2.05. The number of carboxylic acid groups (broad SMARTS) is 1. The van der Waals surface area contributed by atoms with Gasteiger partial charge in [-0.1, -0.05) is 0 Å². The van der Waals surface area contributed by atoms with Crippen molar-refractivity contribution in [3.63, 3.8) is 0 Å². The van der Waals surface area contributed by atoms with Gasteiger partial charge < -0.3 is 10.4 Å². The Morgan fingerprint density at radius 1 is 1.20 bits per heavy atom. The fraction of sp³-hybridized carbons (Fsp3) is 0.385. The summed E-state index contributed by atoms with van der Waals surface area (Å²) < 4.78 is 37.1. The predicted octanol–water partition coefficient (Wildman–Crippen LogP) is 2.30. The highest BCUT2D eigenvalue weighted by atomic mass is 19.4. The first-order valence-electron chi connectivity index (χ1n) is 6.00. The van der Waals surface area contributed by atoms with E-state index in [4.69, 9.17) is 5.11 Å². The van der Waals surface area contributed by atoms with Crippen molar-refractivity contribution < 1.29 is 27.9 Å². The van der Waals surface area contributed by atoms with Crippen LogP contribution in [0.15, 0.2) is 24.3 Å². The molecule has 1 aromatic rings. The molecule has 2 rings (SSSR count). The quantitative estimate of drug-likeness (QED) is 0.893. The summed E-state index contributed by atoms with van der Waals surface area (Å²) >= 11 is 0. The van der Waals surface area contributed by atoms with Gasteiger partial charge in [0.05, 0.1) is 5.56 Å². The first-order chi connectivity index (χ1) is 9.29. The van der Waals surface area contributed by atoms with Crippen molar-refractivity contribution in [2.75, 3.05) is 0 Å². The molecule has 0 aromatic heterocycles. The smallest absolute Gasteiger partial charge is 0.416 e. The van der Waals surface area contributed by atoms with Crippen molar-refractivity contribution in [2.24, 2.45) is 5.92 Å². The highest BCUT2D eigenvalue weighted by molar-refractivity contribution is 5.96. The van der Waals surface area contributed by atoms with Crippen LogP contribution < -0.4 is 5.32 Å². The highest BCUT2D eigenvalue weighted by Gasteiger charge is 2.37. The fourth-order valence-corrected chi connectivity index (χ4v) is 1.85. The Balaban J connectivity index is 2.07. The molecule has 1 aliphatic carbocycles. The van der Waals surface area contributed by atoms with E-state index in [1.54, 1.807) is 0 Å². The van der Waals surface area contributed by atoms with E-state index in [1.807, 2.05) is 0 Å². The first kappa shape index (κ1) is 14.4. The lowest BCUT2D eigenvalue weighted by Gasteiger charge is -2.14. The van der Waals surface area contributed by atoms with Gasteiger partial charge in [0, 0.05) is 5.56 Å². The number of carbonyl (C=O) groups is 2. The molecule has 20 heavy (non-hydrogen) atoms. The molecule has 4 nitrogen and oxygen atoms in total. The number of carbonyl (C=O) groups excluding carboxylic acids is 1. The van der Waals surface area contributed by atoms with E-state index in [1.165, 1.54) is 0 Å². The van der Waals surface area contributed by atoms with E-state index >= 15 is 0 Å². The summed E-state index contributed by atoms with van der Waals surface area (Å²) in [5, 5.41) is 11.3. The van der Waals surface area contributed by atoms with Gasteiger partial charge in [-0.25, -0.2) is 4.79 Å². The molecule has 2 N–H and O–H groups in total. The molecule has 1 amide bonds. The van der Waals surface area contributed by atoms with Crippen LogP contribution in [0.5, 0.6) is 0 Å². The van der Waals surface area contributed by atoms with E-state index in [9.17, 15) is 22.8 Å². The molecule has 1 aromatic carbocycles. The highest BCUT2D eigenvalue weighted by Crippen LogP contribution is 2.33. The second-order valence-electron chi connectivity index (χ2n) is 4.70. The zero-order chi connectivity index (χ0) is 14.9. The number of hydrogen-bond donors (Lipinski definition) is 2. The first-order valence-corrected chi connectivity index (χ1v) is 6.00. The molecule has 1 fully saturated rings. The standard InChI is InChI=1S/C13H12F3NO3/c14-13(15,16)9-5-3-8(4-6-9)11(18)17-10(12(19)20)7-1-2-7/h3-7,10H,1-2H2,(H,17,18)(H,19,20). The SMILES string of the molecule is O=C(NC(C(=O)O)C1CC1)c1ccc(C(F)(F)F)cc1. The van der Waals surface area contributed by atoms with Crippen LogP contribution in [-0.2, 0) is 11.0 Å². The molecule has 0 aliphatic heterocycles. The lowest BCUT2D eigenvalue weighted by atomic mass is 10.1. The van der Waals surface area contributed by atoms with Crippen LogP contribution in [0.25, 0.3) is 0 Å². The molecule has 108 valence electrons. The van der Waals surface area contributed by atoms with E-state index in [-0.39, 0.29) is 11.5 Å². The van der Waals surface area contributed by atoms with E-state index in [0.717, 1.165) is 37.1 Å². The van der Waals surface area contributed by atoms with Crippen LogP contribution >= 0.6 is 0 Å². The number of alkyl halides is 3. The lowest BCUT2D eigenvalue weighted by Crippen LogP contribution is -2.42. The number of nitrogens with one attached hydrogen (secondary N) is 1. The third-order valence-electron chi connectivity index (χ3n) is 3.12. The largest absolute Gasteiger partial charge is 0.480 e. The van der Waals surface area contributed by atoms with Crippen molar-refractivity contribution in [1.29, 1.82) is 0 Å². The Kier molecular flexibility index (Phi) is 3.69. The zero-order valence-electron chi connectivity index (χ0n) is 10.3. The molecule has 1 saturated carbocycles. The van der Waals surface area contributed by atoms with E-state index < -0.39 is 29.7 Å². The molecule has 0 heterocycles. The number of aliphatic carboxylic acids is 1. The topological polar surface area (TPSA) is 66.4 Å². The fourth-order valence-electron chi connectivity index (χ4n) is 1.85. The van der Waals surface area contributed by atoms with Crippen LogP contribution in [0, 0.1) is 5.92 Å². The van der Waals surface area contributed by atoms with Gasteiger partial charge in [-0.2, -0.15) is 13.2 Å². The molecular formula is C13H12F3NO3. The molecule has 7 heteroatoms. The number of benzene rings is 1. The van der Waals surface area contributed by atoms with Crippen molar-refractivity contribution in [3.05, 3.63) is 35.4 Å². The Morgan fingerprint density at radius 2 is 1.75 bits per heavy atom. The van der Waals surface area contributed by atoms with Gasteiger partial charge in [0.1, 0.15) is 6.04 Å². The average molecular weight is 287 g/mol.